The molecule has 4 bridgehead atoms. The molecule has 69 heavy (non-hydrogen) atoms. The molecule has 1 aromatic heterocycles. The summed E-state index contributed by atoms with van der Waals surface area (Å²) in [6.07, 6.45) is 6.66. The smallest absolute Gasteiger partial charge is 0.160 e. The Bertz CT molecular complexity index is 3470. The highest BCUT2D eigenvalue weighted by atomic mass is 16.3. The molecular weight excluding hydrogens is 837 g/mol. The van der Waals surface area contributed by atoms with Gasteiger partial charge in [0.15, 0.2) is 5.58 Å². The lowest BCUT2D eigenvalue weighted by Crippen LogP contribution is -2.55. The lowest BCUT2D eigenvalue weighted by Gasteiger charge is -2.61. The van der Waals surface area contributed by atoms with Crippen LogP contribution in [0.3, 0.4) is 0 Å². The molecule has 0 radical (unpaired) electrons. The fourth-order valence-electron chi connectivity index (χ4n) is 14.2. The van der Waals surface area contributed by atoms with E-state index < -0.39 is 0 Å². The molecule has 0 aliphatic heterocycles. The van der Waals surface area contributed by atoms with E-state index in [-0.39, 0.29) is 16.2 Å². The highest BCUT2D eigenvalue weighted by molar-refractivity contribution is 6.20. The number of fused-ring (bicyclic) bond motifs is 8. The minimum atomic E-state index is -0.100. The molecule has 4 fully saturated rings. The van der Waals surface area contributed by atoms with E-state index in [1.165, 1.54) is 110 Å². The summed E-state index contributed by atoms with van der Waals surface area (Å²) in [7, 11) is 0. The Labute approximate surface area is 408 Å². The predicted molar refractivity (Wildman–Crippen MR) is 291 cm³/mol. The van der Waals surface area contributed by atoms with Gasteiger partial charge in [-0.25, -0.2) is 0 Å². The van der Waals surface area contributed by atoms with Crippen LogP contribution < -0.4 is 9.80 Å². The third-order valence-corrected chi connectivity index (χ3v) is 17.2. The summed E-state index contributed by atoms with van der Waals surface area (Å²) in [4.78, 5) is 4.97. The Kier molecular flexibility index (Phi) is 9.37. The number of hydrogen-bond donors (Lipinski definition) is 0. The first-order valence-corrected chi connectivity index (χ1v) is 25.7. The first-order chi connectivity index (χ1) is 33.2. The molecule has 0 saturated heterocycles. The van der Waals surface area contributed by atoms with Gasteiger partial charge in [-0.05, 0) is 221 Å². The van der Waals surface area contributed by atoms with Crippen LogP contribution in [0.15, 0.2) is 162 Å². The molecule has 0 N–H and O–H groups in total. The molecule has 3 heteroatoms. The highest BCUT2D eigenvalue weighted by Crippen LogP contribution is 2.71. The summed E-state index contributed by atoms with van der Waals surface area (Å²) in [5.74, 6) is 2.82. The van der Waals surface area contributed by atoms with Gasteiger partial charge in [-0.1, -0.05) is 114 Å². The van der Waals surface area contributed by atoms with Crippen LogP contribution in [-0.4, -0.2) is 0 Å². The number of anilines is 6. The average molecular weight is 901 g/mol. The number of para-hydroxylation sites is 1. The molecule has 5 aliphatic carbocycles. The number of aryl methyl sites for hydroxylation is 2. The average Bonchev–Trinajstić information content (AvgIpc) is 3.83. The van der Waals surface area contributed by atoms with E-state index in [0.29, 0.717) is 11.8 Å². The van der Waals surface area contributed by atoms with Crippen molar-refractivity contribution < 1.29 is 4.42 Å². The normalized spacial score (nSPS) is 21.4. The summed E-state index contributed by atoms with van der Waals surface area (Å²) in [5, 5.41) is 5.05. The third-order valence-electron chi connectivity index (χ3n) is 17.2. The summed E-state index contributed by atoms with van der Waals surface area (Å²) in [6.45, 7) is 18.2. The molecule has 1 spiro atoms. The van der Waals surface area contributed by atoms with E-state index in [9.17, 15) is 0 Å². The van der Waals surface area contributed by atoms with Gasteiger partial charge in [0.05, 0.1) is 5.69 Å². The summed E-state index contributed by atoms with van der Waals surface area (Å²) < 4.78 is 7.25. The van der Waals surface area contributed by atoms with Gasteiger partial charge in [-0.2, -0.15) is 0 Å². The van der Waals surface area contributed by atoms with Crippen molar-refractivity contribution in [3.8, 4) is 11.1 Å². The first kappa shape index (κ1) is 42.5. The van der Waals surface area contributed by atoms with Crippen LogP contribution in [0.4, 0.5) is 34.1 Å². The van der Waals surface area contributed by atoms with E-state index >= 15 is 0 Å². The molecule has 8 aromatic carbocycles. The molecular formula is C66H64N2O. The fraction of sp³-hybridized carbons (Fsp3) is 0.303. The van der Waals surface area contributed by atoms with Crippen molar-refractivity contribution in [2.24, 2.45) is 23.7 Å². The van der Waals surface area contributed by atoms with Crippen LogP contribution in [0.5, 0.6) is 0 Å². The Morgan fingerprint density at radius 3 is 1.62 bits per heavy atom. The molecule has 9 aromatic rings. The summed E-state index contributed by atoms with van der Waals surface area (Å²) in [5.41, 5.74) is 19.9. The van der Waals surface area contributed by atoms with E-state index in [1.54, 1.807) is 5.56 Å². The van der Waals surface area contributed by atoms with Crippen molar-refractivity contribution in [3.05, 3.63) is 191 Å². The molecule has 14 rings (SSSR count). The van der Waals surface area contributed by atoms with Gasteiger partial charge in [0.2, 0.25) is 0 Å². The van der Waals surface area contributed by atoms with Crippen molar-refractivity contribution in [2.45, 2.75) is 104 Å². The number of benzene rings is 8. The Morgan fingerprint density at radius 1 is 0.478 bits per heavy atom. The largest absolute Gasteiger partial charge is 0.454 e. The number of nitrogens with zero attached hydrogens (tertiary/aromatic N) is 2. The molecule has 4 saturated carbocycles. The van der Waals surface area contributed by atoms with E-state index in [0.717, 1.165) is 40.1 Å². The third kappa shape index (κ3) is 6.59. The number of furan rings is 1. The molecule has 344 valence electrons. The minimum absolute atomic E-state index is 0.0464. The predicted octanol–water partition coefficient (Wildman–Crippen LogP) is 18.6. The van der Waals surface area contributed by atoms with Gasteiger partial charge in [-0.3, -0.25) is 0 Å². The van der Waals surface area contributed by atoms with Crippen LogP contribution in [-0.2, 0) is 16.2 Å². The first-order valence-electron chi connectivity index (χ1n) is 25.7. The van der Waals surface area contributed by atoms with E-state index in [4.69, 9.17) is 4.42 Å². The quantitative estimate of drug-likeness (QED) is 0.166. The molecule has 0 amide bonds. The van der Waals surface area contributed by atoms with E-state index in [1.807, 2.05) is 0 Å². The lowest BCUT2D eigenvalue weighted by molar-refractivity contribution is -0.0398. The maximum absolute atomic E-state index is 7.25. The Hall–Kier alpha value is -6.58. The molecule has 5 aliphatic rings. The zero-order chi connectivity index (χ0) is 47.1. The zero-order valence-corrected chi connectivity index (χ0v) is 41.7. The maximum Gasteiger partial charge on any atom is 0.160 e. The summed E-state index contributed by atoms with van der Waals surface area (Å²) >= 11 is 0. The van der Waals surface area contributed by atoms with Crippen molar-refractivity contribution >= 4 is 66.8 Å². The topological polar surface area (TPSA) is 19.6 Å². The number of rotatable bonds is 6. The number of hydrogen-bond acceptors (Lipinski definition) is 3. The molecule has 1 heterocycles. The molecule has 0 unspecified atom stereocenters. The van der Waals surface area contributed by atoms with Crippen molar-refractivity contribution in [3.63, 3.8) is 0 Å². The fourth-order valence-corrected chi connectivity index (χ4v) is 14.2. The Balaban J connectivity index is 1.07. The zero-order valence-electron chi connectivity index (χ0n) is 41.7. The second kappa shape index (κ2) is 15.2. The highest BCUT2D eigenvalue weighted by Gasteiger charge is 2.62. The molecule has 0 atom stereocenters. The van der Waals surface area contributed by atoms with Crippen LogP contribution in [0.2, 0.25) is 0 Å². The van der Waals surface area contributed by atoms with Crippen molar-refractivity contribution in [2.75, 3.05) is 9.80 Å². The second-order valence-electron chi connectivity index (χ2n) is 23.7. The van der Waals surface area contributed by atoms with Crippen LogP contribution in [0, 0.1) is 37.5 Å². The van der Waals surface area contributed by atoms with Gasteiger partial charge in [-0.15, -0.1) is 0 Å². The van der Waals surface area contributed by atoms with Gasteiger partial charge in [0, 0.05) is 44.6 Å². The minimum Gasteiger partial charge on any atom is -0.454 e. The monoisotopic (exact) mass is 901 g/mol. The van der Waals surface area contributed by atoms with E-state index in [2.05, 4.69) is 223 Å². The Morgan fingerprint density at radius 2 is 1.03 bits per heavy atom. The van der Waals surface area contributed by atoms with Gasteiger partial charge in [0.25, 0.3) is 0 Å². The van der Waals surface area contributed by atoms with Gasteiger partial charge < -0.3 is 14.2 Å². The van der Waals surface area contributed by atoms with Gasteiger partial charge in [0.1, 0.15) is 5.58 Å². The van der Waals surface area contributed by atoms with Crippen LogP contribution >= 0.6 is 0 Å². The summed E-state index contributed by atoms with van der Waals surface area (Å²) in [6, 6.07) is 60.5. The standard InChI is InChI=1S/C66H64N2O/c1-40-13-11-15-52(29-40)67(50-25-20-46(21-26-50)64(3,4)5)54-24-19-44-37-56-57(38-45(44)36-54)66(48-32-42-31-43(34-48)35-49(66)33-42)58-39-59(63-62(61(56)58)55-17-9-10-18-60(55)69-63)68(53-16-12-14-41(2)30-53)51-27-22-47(23-28-51)65(6,7)8/h9-30,36-39,42-43,48-49H,31-35H2,1-8H3. The van der Waals surface area contributed by atoms with Gasteiger partial charge >= 0.3 is 0 Å². The van der Waals surface area contributed by atoms with Crippen LogP contribution in [0.1, 0.15) is 107 Å². The lowest BCUT2D eigenvalue weighted by atomic mass is 9.43. The van der Waals surface area contributed by atoms with Crippen LogP contribution in [0.25, 0.3) is 43.8 Å². The maximum atomic E-state index is 7.25. The second-order valence-corrected chi connectivity index (χ2v) is 23.7. The molecule has 3 nitrogen and oxygen atoms in total. The SMILES string of the molecule is Cc1cccc(N(c2ccc(C(C)(C)C)cc2)c2ccc3cc4c(cc3c2)C2(c3cc(N(c5ccc(C(C)(C)C)cc5)c5cccc(C)c5)c5oc6ccccc6c5c3-4)C3CC4CC(C3)CC2C4)c1. The van der Waals surface area contributed by atoms with Crippen molar-refractivity contribution in [1.29, 1.82) is 0 Å². The van der Waals surface area contributed by atoms with Crippen molar-refractivity contribution in [1.82, 2.24) is 0 Å².